The van der Waals surface area contributed by atoms with Crippen molar-refractivity contribution in [2.75, 3.05) is 25.6 Å². The van der Waals surface area contributed by atoms with E-state index >= 15 is 0 Å². The Balaban J connectivity index is 2.48. The minimum absolute atomic E-state index is 0.157. The van der Waals surface area contributed by atoms with Crippen LogP contribution in [0.2, 0.25) is 0 Å². The second kappa shape index (κ2) is 9.48. The van der Waals surface area contributed by atoms with Gasteiger partial charge in [0.1, 0.15) is 10.6 Å². The van der Waals surface area contributed by atoms with Crippen molar-refractivity contribution < 1.29 is 18.1 Å². The zero-order chi connectivity index (χ0) is 21.6. The monoisotopic (exact) mass is 420 g/mol. The van der Waals surface area contributed by atoms with Crippen molar-refractivity contribution in [3.05, 3.63) is 58.1 Å². The molecule has 1 N–H and O–H groups in total. The summed E-state index contributed by atoms with van der Waals surface area (Å²) in [4.78, 5) is 10.3. The molecule has 29 heavy (non-hydrogen) atoms. The molecule has 0 radical (unpaired) electrons. The molecule has 0 heterocycles. The van der Waals surface area contributed by atoms with Gasteiger partial charge in [0.05, 0.1) is 23.4 Å². The molecule has 2 aromatic rings. The minimum atomic E-state index is -3.93. The third kappa shape index (κ3) is 5.09. The molecule has 10 heteroatoms. The highest BCUT2D eigenvalue weighted by Gasteiger charge is 2.27. The van der Waals surface area contributed by atoms with E-state index in [-0.39, 0.29) is 29.4 Å². The number of methoxy groups -OCH3 is 1. The van der Waals surface area contributed by atoms with Crippen LogP contribution in [-0.4, -0.2) is 43.6 Å². The SMILES string of the molecule is CCN(CC)S(=O)(=O)c1cc([N+](=O)[O-])ccc1N/N=C(/C)c1cccc(OC)c1. The molecule has 0 aliphatic heterocycles. The molecule has 0 fully saturated rings. The number of nitro groups is 1. The maximum atomic E-state index is 13.0. The summed E-state index contributed by atoms with van der Waals surface area (Å²) in [7, 11) is -2.37. The van der Waals surface area contributed by atoms with Crippen LogP contribution in [-0.2, 0) is 10.0 Å². The maximum absolute atomic E-state index is 13.0. The number of nitrogens with one attached hydrogen (secondary N) is 1. The fraction of sp³-hybridized carbons (Fsp3) is 0.316. The number of non-ortho nitro benzene ring substituents is 1. The van der Waals surface area contributed by atoms with Crippen LogP contribution in [0.1, 0.15) is 26.3 Å². The number of nitro benzene ring substituents is 1. The number of ether oxygens (including phenoxy) is 1. The summed E-state index contributed by atoms with van der Waals surface area (Å²) in [6.07, 6.45) is 0. The number of hydrogen-bond donors (Lipinski definition) is 1. The molecule has 0 aliphatic rings. The largest absolute Gasteiger partial charge is 0.497 e. The summed E-state index contributed by atoms with van der Waals surface area (Å²) in [5.41, 5.74) is 3.97. The van der Waals surface area contributed by atoms with E-state index in [1.54, 1.807) is 40.0 Å². The van der Waals surface area contributed by atoms with Crippen LogP contribution in [0.5, 0.6) is 5.75 Å². The Bertz CT molecular complexity index is 1020. The van der Waals surface area contributed by atoms with Crippen molar-refractivity contribution in [3.8, 4) is 5.75 Å². The number of sulfonamides is 1. The van der Waals surface area contributed by atoms with Gasteiger partial charge in [-0.05, 0) is 25.1 Å². The van der Waals surface area contributed by atoms with Crippen molar-refractivity contribution in [3.63, 3.8) is 0 Å². The van der Waals surface area contributed by atoms with Gasteiger partial charge in [0.25, 0.3) is 5.69 Å². The summed E-state index contributed by atoms with van der Waals surface area (Å²) < 4.78 is 32.4. The summed E-state index contributed by atoms with van der Waals surface area (Å²) >= 11 is 0. The lowest BCUT2D eigenvalue weighted by Crippen LogP contribution is -2.31. The van der Waals surface area contributed by atoms with Crippen molar-refractivity contribution in [1.29, 1.82) is 0 Å². The molecule has 2 rings (SSSR count). The molecule has 9 nitrogen and oxygen atoms in total. The quantitative estimate of drug-likeness (QED) is 0.377. The Labute approximate surface area is 170 Å². The zero-order valence-electron chi connectivity index (χ0n) is 16.7. The fourth-order valence-electron chi connectivity index (χ4n) is 2.69. The number of nitrogens with zero attached hydrogens (tertiary/aromatic N) is 3. The number of rotatable bonds is 9. The van der Waals surface area contributed by atoms with Gasteiger partial charge in [0.15, 0.2) is 0 Å². The molecule has 0 saturated heterocycles. The number of benzene rings is 2. The molecule has 0 aliphatic carbocycles. The molecule has 0 atom stereocenters. The van der Waals surface area contributed by atoms with E-state index in [1.165, 1.54) is 16.4 Å². The Morgan fingerprint density at radius 1 is 1.21 bits per heavy atom. The van der Waals surface area contributed by atoms with Crippen LogP contribution in [0.15, 0.2) is 52.5 Å². The third-order valence-electron chi connectivity index (χ3n) is 4.33. The average molecular weight is 420 g/mol. The number of hydrogen-bond acceptors (Lipinski definition) is 7. The standard InChI is InChI=1S/C19H24N4O5S/c1-5-22(6-2)29(26,27)19-13-16(23(24)25)10-11-18(19)21-20-14(3)15-8-7-9-17(12-15)28-4/h7-13,21H,5-6H2,1-4H3/b20-14-. The first-order chi connectivity index (χ1) is 13.7. The van der Waals surface area contributed by atoms with E-state index in [0.29, 0.717) is 11.5 Å². The smallest absolute Gasteiger partial charge is 0.270 e. The molecule has 0 aromatic heterocycles. The van der Waals surface area contributed by atoms with Crippen LogP contribution in [0.3, 0.4) is 0 Å². The van der Waals surface area contributed by atoms with Gasteiger partial charge in [-0.3, -0.25) is 15.5 Å². The van der Waals surface area contributed by atoms with Crippen molar-refractivity contribution in [2.24, 2.45) is 5.10 Å². The first-order valence-electron chi connectivity index (χ1n) is 8.97. The lowest BCUT2D eigenvalue weighted by atomic mass is 10.1. The highest BCUT2D eigenvalue weighted by Crippen LogP contribution is 2.29. The summed E-state index contributed by atoms with van der Waals surface area (Å²) in [5.74, 6) is 0.664. The fourth-order valence-corrected chi connectivity index (χ4v) is 4.31. The molecule has 0 saturated carbocycles. The molecule has 0 spiro atoms. The van der Waals surface area contributed by atoms with Gasteiger partial charge in [-0.15, -0.1) is 0 Å². The Kier molecular flexibility index (Phi) is 7.29. The van der Waals surface area contributed by atoms with Gasteiger partial charge < -0.3 is 4.74 Å². The van der Waals surface area contributed by atoms with E-state index in [4.69, 9.17) is 4.74 Å². The average Bonchev–Trinajstić information content (AvgIpc) is 2.72. The molecular weight excluding hydrogens is 396 g/mol. The molecule has 0 amide bonds. The van der Waals surface area contributed by atoms with Crippen molar-refractivity contribution >= 4 is 27.1 Å². The van der Waals surface area contributed by atoms with E-state index in [1.807, 2.05) is 12.1 Å². The van der Waals surface area contributed by atoms with E-state index in [2.05, 4.69) is 10.5 Å². The molecule has 156 valence electrons. The lowest BCUT2D eigenvalue weighted by Gasteiger charge is -2.20. The van der Waals surface area contributed by atoms with Gasteiger partial charge in [-0.1, -0.05) is 26.0 Å². The number of anilines is 1. The maximum Gasteiger partial charge on any atom is 0.270 e. The lowest BCUT2D eigenvalue weighted by molar-refractivity contribution is -0.385. The topological polar surface area (TPSA) is 114 Å². The summed E-state index contributed by atoms with van der Waals surface area (Å²) in [6, 6.07) is 10.9. The zero-order valence-corrected chi connectivity index (χ0v) is 17.6. The van der Waals surface area contributed by atoms with Gasteiger partial charge in [0, 0.05) is 30.8 Å². The highest BCUT2D eigenvalue weighted by molar-refractivity contribution is 7.89. The summed E-state index contributed by atoms with van der Waals surface area (Å²) in [5, 5.41) is 15.4. The van der Waals surface area contributed by atoms with Crippen LogP contribution < -0.4 is 10.2 Å². The van der Waals surface area contributed by atoms with Gasteiger partial charge >= 0.3 is 0 Å². The van der Waals surface area contributed by atoms with Crippen LogP contribution in [0.4, 0.5) is 11.4 Å². The Morgan fingerprint density at radius 2 is 1.90 bits per heavy atom. The molecule has 0 bridgehead atoms. The molecule has 0 unspecified atom stereocenters. The van der Waals surface area contributed by atoms with E-state index in [9.17, 15) is 18.5 Å². The predicted octanol–water partition coefficient (Wildman–Crippen LogP) is 3.47. The van der Waals surface area contributed by atoms with Crippen LogP contribution >= 0.6 is 0 Å². The summed E-state index contributed by atoms with van der Waals surface area (Å²) in [6.45, 7) is 5.65. The highest BCUT2D eigenvalue weighted by atomic mass is 32.2. The Hall–Kier alpha value is -2.98. The van der Waals surface area contributed by atoms with Gasteiger partial charge in [-0.25, -0.2) is 8.42 Å². The first kappa shape index (κ1) is 22.3. The third-order valence-corrected chi connectivity index (χ3v) is 6.42. The van der Waals surface area contributed by atoms with E-state index in [0.717, 1.165) is 11.6 Å². The molecular formula is C19H24N4O5S. The predicted molar refractivity (Wildman–Crippen MR) is 112 cm³/mol. The van der Waals surface area contributed by atoms with Crippen LogP contribution in [0, 0.1) is 10.1 Å². The van der Waals surface area contributed by atoms with Gasteiger partial charge in [0.2, 0.25) is 10.0 Å². The van der Waals surface area contributed by atoms with Crippen LogP contribution in [0.25, 0.3) is 0 Å². The second-order valence-electron chi connectivity index (χ2n) is 6.07. The molecule has 2 aromatic carbocycles. The van der Waals surface area contributed by atoms with E-state index < -0.39 is 14.9 Å². The number of hydrazone groups is 1. The Morgan fingerprint density at radius 3 is 2.48 bits per heavy atom. The van der Waals surface area contributed by atoms with Crippen molar-refractivity contribution in [1.82, 2.24) is 4.31 Å². The first-order valence-corrected chi connectivity index (χ1v) is 10.4. The normalized spacial score (nSPS) is 12.1. The van der Waals surface area contributed by atoms with Gasteiger partial charge in [-0.2, -0.15) is 9.41 Å². The second-order valence-corrected chi connectivity index (χ2v) is 7.97. The van der Waals surface area contributed by atoms with Crippen molar-refractivity contribution in [2.45, 2.75) is 25.7 Å². The minimum Gasteiger partial charge on any atom is -0.497 e.